The Balaban J connectivity index is 0.000000196. The maximum Gasteiger partial charge on any atom is 0.251 e. The van der Waals surface area contributed by atoms with Crippen LogP contribution in [0.25, 0.3) is 31.3 Å². The highest BCUT2D eigenvalue weighted by molar-refractivity contribution is 9.10. The number of Topliss-reactive ketones (excluding diaryl/α,β-unsaturated/α-hetero) is 6. The van der Waals surface area contributed by atoms with Crippen LogP contribution in [0.3, 0.4) is 0 Å². The Bertz CT molecular complexity index is 5860. The molecule has 12 rings (SSSR count). The molecular formula is C94H91BrCl2N6O15S6. The first-order valence-electron chi connectivity index (χ1n) is 39.0. The van der Waals surface area contributed by atoms with Crippen molar-refractivity contribution in [2.24, 2.45) is 9.98 Å². The fraction of sp³-hybridized carbons (Fsp3) is 0.234. The zero-order chi connectivity index (χ0) is 89.9. The number of rotatable bonds is 34. The molecule has 0 unspecified atom stereocenters. The number of carbonyl (C=O) groups is 9. The number of nitrogens with one attached hydrogen (secondary N) is 4. The molecular weight excluding hydrogens is 1800 g/mol. The third kappa shape index (κ3) is 27.6. The molecule has 30 heteroatoms. The molecule has 0 atom stereocenters. The highest BCUT2D eigenvalue weighted by atomic mass is 79.9. The van der Waals surface area contributed by atoms with Crippen molar-refractivity contribution in [1.29, 1.82) is 5.41 Å². The summed E-state index contributed by atoms with van der Waals surface area (Å²) in [5.41, 5.74) is 11.5. The van der Waals surface area contributed by atoms with E-state index in [0.717, 1.165) is 70.3 Å². The maximum atomic E-state index is 12.8. The molecule has 0 aliphatic rings. The molecule has 644 valence electrons. The molecule has 124 heavy (non-hydrogen) atoms. The van der Waals surface area contributed by atoms with Gasteiger partial charge in [0, 0.05) is 110 Å². The van der Waals surface area contributed by atoms with Gasteiger partial charge in [-0.1, -0.05) is 139 Å². The molecule has 6 aromatic carbocycles. The lowest BCUT2D eigenvalue weighted by atomic mass is 9.86. The number of carbonyl (C=O) groups excluding carboxylic acids is 9. The molecule has 6 aromatic heterocycles. The van der Waals surface area contributed by atoms with Crippen LogP contribution in [0, 0.1) is 5.41 Å². The van der Waals surface area contributed by atoms with Gasteiger partial charge in [0.15, 0.2) is 34.7 Å². The van der Waals surface area contributed by atoms with Crippen LogP contribution in [0.1, 0.15) is 196 Å². The van der Waals surface area contributed by atoms with Crippen molar-refractivity contribution in [2.45, 2.75) is 92.4 Å². The Kier molecular flexibility index (Phi) is 36.7. The molecule has 0 fully saturated rings. The lowest BCUT2D eigenvalue weighted by Gasteiger charge is -2.19. The lowest BCUT2D eigenvalue weighted by Crippen LogP contribution is -2.26. The van der Waals surface area contributed by atoms with E-state index in [4.69, 9.17) is 43.9 Å². The molecule has 0 saturated heterocycles. The van der Waals surface area contributed by atoms with Gasteiger partial charge in [-0.2, -0.15) is 0 Å². The number of halogens is 3. The van der Waals surface area contributed by atoms with E-state index < -0.39 is 0 Å². The van der Waals surface area contributed by atoms with Gasteiger partial charge in [-0.05, 0) is 188 Å². The van der Waals surface area contributed by atoms with E-state index in [0.29, 0.717) is 120 Å². The number of hydrogen-bond donors (Lipinski definition) is 10. The van der Waals surface area contributed by atoms with E-state index in [2.05, 4.69) is 74.8 Å². The molecule has 0 saturated carbocycles. The van der Waals surface area contributed by atoms with Crippen LogP contribution in [0.4, 0.5) is 0 Å². The van der Waals surface area contributed by atoms with E-state index in [-0.39, 0.29) is 140 Å². The van der Waals surface area contributed by atoms with Crippen molar-refractivity contribution in [2.75, 3.05) is 52.5 Å². The number of amides is 3. The zero-order valence-corrected chi connectivity index (χ0v) is 76.7. The first kappa shape index (κ1) is 97.1. The summed E-state index contributed by atoms with van der Waals surface area (Å²) < 4.78 is 0.954. The zero-order valence-electron chi connectivity index (χ0n) is 68.7. The van der Waals surface area contributed by atoms with Crippen molar-refractivity contribution in [3.63, 3.8) is 0 Å². The van der Waals surface area contributed by atoms with Crippen molar-refractivity contribution in [1.82, 2.24) is 16.0 Å². The fourth-order valence-corrected chi connectivity index (χ4v) is 18.2. The monoisotopic (exact) mass is 1880 g/mol. The minimum atomic E-state index is -0.267. The number of aliphatic imine (C=N–C) groups is 2. The summed E-state index contributed by atoms with van der Waals surface area (Å²) in [5, 5.41) is 79.6. The molecule has 0 radical (unpaired) electrons. The molecule has 12 aromatic rings. The van der Waals surface area contributed by atoms with Gasteiger partial charge < -0.3 is 52.0 Å². The van der Waals surface area contributed by atoms with Crippen molar-refractivity contribution >= 4 is 177 Å². The van der Waals surface area contributed by atoms with Crippen molar-refractivity contribution in [3.8, 4) is 48.6 Å². The summed E-state index contributed by atoms with van der Waals surface area (Å²) in [4.78, 5) is 124. The van der Waals surface area contributed by atoms with Crippen molar-refractivity contribution in [3.05, 3.63) is 291 Å². The SMILES string of the molecule is CC(=N)c1csc(-c2ccc(C(C)(C)C)cc2)c1O.CC(=NCC(=O)c1ccc(C(=O)CCc2ccc(C(=O)NCCO)cc2)s1)c1csc(-c2ccc(Br)cc2)c1O.CC(=NCC(=O)c1ccc(C(=O)CCc2ccc(C(=O)NCCO)cc2)s1)c1csc(-c2ccc(Cl)c(Cl)c2)c1O.CC(=O)c1ccc(C(=O)CCc2ccc(C(=O)NCCO)cc2)s1. The molecule has 6 heterocycles. The number of nitrogens with zero attached hydrogens (tertiary/aromatic N) is 2. The number of ketones is 6. The van der Waals surface area contributed by atoms with E-state index in [1.807, 2.05) is 59.3 Å². The Hall–Kier alpha value is -10.7. The molecule has 21 nitrogen and oxygen atoms in total. The van der Waals surface area contributed by atoms with Gasteiger partial charge in [0.2, 0.25) is 0 Å². The number of hydrogen-bond acceptors (Lipinski definition) is 24. The summed E-state index contributed by atoms with van der Waals surface area (Å²) in [5.74, 6) is -0.899. The molecule has 3 amide bonds. The summed E-state index contributed by atoms with van der Waals surface area (Å²) in [6.07, 6.45) is 2.48. The van der Waals surface area contributed by atoms with E-state index in [9.17, 15) is 58.5 Å². The van der Waals surface area contributed by atoms with E-state index >= 15 is 0 Å². The van der Waals surface area contributed by atoms with Gasteiger partial charge >= 0.3 is 0 Å². The second-order valence-corrected chi connectivity index (χ2v) is 36.7. The topological polar surface area (TPSA) is 360 Å². The smallest absolute Gasteiger partial charge is 0.251 e. The Morgan fingerprint density at radius 1 is 0.403 bits per heavy atom. The summed E-state index contributed by atoms with van der Waals surface area (Å²) >= 11 is 23.3. The number of aliphatic hydroxyl groups excluding tert-OH is 3. The van der Waals surface area contributed by atoms with Gasteiger partial charge in [0.05, 0.1) is 73.8 Å². The summed E-state index contributed by atoms with van der Waals surface area (Å²) in [7, 11) is 0. The second kappa shape index (κ2) is 46.9. The van der Waals surface area contributed by atoms with Gasteiger partial charge in [-0.3, -0.25) is 53.1 Å². The van der Waals surface area contributed by atoms with Crippen LogP contribution >= 0.6 is 107 Å². The average molecular weight is 1890 g/mol. The third-order valence-electron chi connectivity index (χ3n) is 19.0. The summed E-state index contributed by atoms with van der Waals surface area (Å²) in [6.45, 7) is 13.3. The lowest BCUT2D eigenvalue weighted by molar-refractivity contribution is 0.0937. The van der Waals surface area contributed by atoms with Crippen LogP contribution in [0.5, 0.6) is 17.2 Å². The number of aryl methyl sites for hydroxylation is 3. The van der Waals surface area contributed by atoms with Gasteiger partial charge in [-0.25, -0.2) is 0 Å². The maximum absolute atomic E-state index is 12.8. The van der Waals surface area contributed by atoms with Gasteiger partial charge in [0.25, 0.3) is 17.7 Å². The standard InChI is InChI=1S/C30H27BrN2O5S2.C30H26Cl2N2O5S2.C18H19NO4S.C16H19NOS/c1-18(23-17-39-29(28(23)37)20-7-9-22(31)10-8-20)33-16-25(36)27-13-12-26(40-27)24(35)11-4-19-2-5-21(6-3-19)30(38)32-14-15-34;1-17(21-16-40-29(28(21)38)20-7-8-22(31)23(32)14-20)34-15-25(37)27-11-10-26(41-27)24(36)9-4-18-2-5-19(6-3-18)30(39)33-12-13-35;1-12(21)16-8-9-17(24-16)15(22)7-4-13-2-5-14(6-3-13)18(23)19-10-11-20;1-10(17)13-9-19-15(14(13)18)11-5-7-12(8-6-11)16(2,3)4/h2-3,5-10,12-13,17,34,37H,4,11,14-16H2,1H3,(H,32,38);2-3,5-8,10-11,14,16,35,38H,4,9,12-13,15H2,1H3,(H,33,39);2-3,5-6,8-9,20H,4,7,10-11H2,1H3,(H,19,23);5-9,17-18H,1-4H3. The van der Waals surface area contributed by atoms with Gasteiger partial charge in [-0.15, -0.1) is 68.0 Å². The second-order valence-electron chi connectivity index (χ2n) is 29.1. The fourth-order valence-electron chi connectivity index (χ4n) is 11.9. The quantitative estimate of drug-likeness (QED) is 0.0132. The Morgan fingerprint density at radius 3 is 1.04 bits per heavy atom. The molecule has 0 aliphatic carbocycles. The van der Waals surface area contributed by atoms with Crippen LogP contribution in [-0.4, -0.2) is 153 Å². The Morgan fingerprint density at radius 2 is 0.718 bits per heavy atom. The van der Waals surface area contributed by atoms with E-state index in [1.165, 1.54) is 57.8 Å². The largest absolute Gasteiger partial charge is 0.506 e. The van der Waals surface area contributed by atoms with Crippen LogP contribution in [0.2, 0.25) is 10.0 Å². The molecule has 0 bridgehead atoms. The van der Waals surface area contributed by atoms with Crippen LogP contribution in [0.15, 0.2) is 207 Å². The normalized spacial score (nSPS) is 11.3. The number of aliphatic hydroxyl groups is 3. The highest BCUT2D eigenvalue weighted by Gasteiger charge is 2.23. The predicted octanol–water partition coefficient (Wildman–Crippen LogP) is 20.2. The average Bonchev–Trinajstić information content (AvgIpc) is 1.64. The van der Waals surface area contributed by atoms with E-state index in [1.54, 1.807) is 141 Å². The number of aromatic hydroxyl groups is 3. The van der Waals surface area contributed by atoms with Crippen LogP contribution < -0.4 is 16.0 Å². The highest BCUT2D eigenvalue weighted by Crippen LogP contribution is 2.43. The molecule has 10 N–H and O–H groups in total. The first-order valence-corrected chi connectivity index (χ1v) is 45.6. The Labute approximate surface area is 760 Å². The predicted molar refractivity (Wildman–Crippen MR) is 504 cm³/mol. The molecule has 0 aliphatic heterocycles. The molecule has 0 spiro atoms. The van der Waals surface area contributed by atoms with Gasteiger partial charge in [0.1, 0.15) is 30.3 Å². The summed E-state index contributed by atoms with van der Waals surface area (Å²) in [6, 6.07) is 52.0. The minimum Gasteiger partial charge on any atom is -0.506 e. The third-order valence-corrected chi connectivity index (χ3v) is 26.9. The van der Waals surface area contributed by atoms with Crippen LogP contribution in [-0.2, 0) is 24.7 Å². The number of thiophene rings is 6. The minimum absolute atomic E-state index is 0.0114. The number of benzene rings is 6. The van der Waals surface area contributed by atoms with Crippen molar-refractivity contribution < 1.29 is 73.8 Å². The first-order chi connectivity index (χ1) is 59.2.